The third kappa shape index (κ3) is 7.09. The predicted octanol–water partition coefficient (Wildman–Crippen LogP) is 11.6. The van der Waals surface area contributed by atoms with Crippen molar-refractivity contribution >= 4 is 0 Å². The molecule has 5 aliphatic rings. The number of fused-ring (bicyclic) bond motifs is 1. The van der Waals surface area contributed by atoms with Gasteiger partial charge in [-0.05, 0) is 116 Å². The largest absolute Gasteiger partial charge is 0.0996 e. The van der Waals surface area contributed by atoms with Crippen LogP contribution in [0.1, 0.15) is 156 Å². The maximum absolute atomic E-state index is 4.76. The van der Waals surface area contributed by atoms with Crippen molar-refractivity contribution < 1.29 is 0 Å². The molecule has 0 nitrogen and oxygen atoms in total. The van der Waals surface area contributed by atoms with E-state index in [9.17, 15) is 0 Å². The minimum absolute atomic E-state index is 0.811. The van der Waals surface area contributed by atoms with Crippen LogP contribution in [-0.4, -0.2) is 0 Å². The van der Waals surface area contributed by atoms with Gasteiger partial charge in [0.1, 0.15) is 0 Å². The SMILES string of the molecule is C=C(CC1CCCC1C1CC2CCC(C(C)CCCCC3CCCCC3)CC2C1)C1C(C)CCCC1C. The van der Waals surface area contributed by atoms with Gasteiger partial charge in [-0.1, -0.05) is 116 Å². The first-order chi connectivity index (χ1) is 18.0. The lowest BCUT2D eigenvalue weighted by molar-refractivity contribution is 0.156. The molecule has 9 unspecified atom stereocenters. The van der Waals surface area contributed by atoms with Gasteiger partial charge >= 0.3 is 0 Å². The molecule has 0 heterocycles. The highest BCUT2D eigenvalue weighted by Crippen LogP contribution is 2.55. The fourth-order valence-electron chi connectivity index (χ4n) is 11.2. The molecule has 0 aromatic rings. The molecule has 0 saturated heterocycles. The second-order valence-electron chi connectivity index (χ2n) is 15.7. The maximum Gasteiger partial charge on any atom is -0.0154 e. The molecule has 9 atom stereocenters. The summed E-state index contributed by atoms with van der Waals surface area (Å²) in [7, 11) is 0. The molecule has 0 N–H and O–H groups in total. The molecule has 0 aromatic heterocycles. The molecule has 212 valence electrons. The average molecular weight is 509 g/mol. The standard InChI is InChI=1S/C37H64/c1-26(12-8-9-17-30-15-6-5-7-16-30)31-20-21-32-24-35(25-34(32)23-31)36-19-11-18-33(36)22-29(4)37-27(2)13-10-14-28(37)3/h26-28,30-37H,4-25H2,1-3H3. The third-order valence-corrected chi connectivity index (χ3v) is 13.3. The molecule has 37 heavy (non-hydrogen) atoms. The molecule has 0 radical (unpaired) electrons. The van der Waals surface area contributed by atoms with Crippen molar-refractivity contribution in [3.05, 3.63) is 12.2 Å². The van der Waals surface area contributed by atoms with Gasteiger partial charge in [-0.2, -0.15) is 0 Å². The van der Waals surface area contributed by atoms with Crippen molar-refractivity contribution in [2.75, 3.05) is 0 Å². The van der Waals surface area contributed by atoms with Crippen LogP contribution in [0.4, 0.5) is 0 Å². The van der Waals surface area contributed by atoms with Gasteiger partial charge in [-0.3, -0.25) is 0 Å². The van der Waals surface area contributed by atoms with Crippen LogP contribution in [0.2, 0.25) is 0 Å². The van der Waals surface area contributed by atoms with Crippen LogP contribution in [0.5, 0.6) is 0 Å². The van der Waals surface area contributed by atoms with E-state index >= 15 is 0 Å². The maximum atomic E-state index is 4.76. The van der Waals surface area contributed by atoms with Crippen LogP contribution in [0.3, 0.4) is 0 Å². The first-order valence-electron chi connectivity index (χ1n) is 17.7. The second-order valence-corrected chi connectivity index (χ2v) is 15.7. The van der Waals surface area contributed by atoms with E-state index in [1.54, 1.807) is 44.1 Å². The zero-order valence-corrected chi connectivity index (χ0v) is 25.4. The van der Waals surface area contributed by atoms with Crippen LogP contribution in [0.25, 0.3) is 0 Å². The number of rotatable bonds is 10. The van der Waals surface area contributed by atoms with Gasteiger partial charge in [0, 0.05) is 0 Å². The summed E-state index contributed by atoms with van der Waals surface area (Å²) in [6.45, 7) is 12.4. The fourth-order valence-corrected chi connectivity index (χ4v) is 11.2. The molecular formula is C37H64. The number of hydrogen-bond donors (Lipinski definition) is 0. The van der Waals surface area contributed by atoms with E-state index in [0.717, 1.165) is 65.1 Å². The summed E-state index contributed by atoms with van der Waals surface area (Å²) in [5, 5.41) is 0. The monoisotopic (exact) mass is 509 g/mol. The van der Waals surface area contributed by atoms with Gasteiger partial charge in [0.2, 0.25) is 0 Å². The lowest BCUT2D eigenvalue weighted by atomic mass is 9.68. The smallest absolute Gasteiger partial charge is 0.0154 e. The first kappa shape index (κ1) is 28.3. The van der Waals surface area contributed by atoms with Crippen molar-refractivity contribution in [2.24, 2.45) is 65.1 Å². The van der Waals surface area contributed by atoms with Crippen molar-refractivity contribution in [1.82, 2.24) is 0 Å². The van der Waals surface area contributed by atoms with Crippen molar-refractivity contribution in [3.63, 3.8) is 0 Å². The second kappa shape index (κ2) is 13.4. The summed E-state index contributed by atoms with van der Waals surface area (Å²) in [5.41, 5.74) is 1.66. The highest BCUT2D eigenvalue weighted by atomic mass is 14.5. The van der Waals surface area contributed by atoms with E-state index in [-0.39, 0.29) is 0 Å². The third-order valence-electron chi connectivity index (χ3n) is 13.3. The average Bonchev–Trinajstić information content (AvgIpc) is 3.53. The van der Waals surface area contributed by atoms with Crippen LogP contribution in [0, 0.1) is 65.1 Å². The topological polar surface area (TPSA) is 0 Å². The Bertz CT molecular complexity index is 689. The highest BCUT2D eigenvalue weighted by Gasteiger charge is 2.45. The van der Waals surface area contributed by atoms with E-state index in [0.29, 0.717) is 0 Å². The molecule has 5 saturated carbocycles. The van der Waals surface area contributed by atoms with E-state index in [1.807, 2.05) is 0 Å². The van der Waals surface area contributed by atoms with E-state index in [4.69, 9.17) is 6.58 Å². The summed E-state index contributed by atoms with van der Waals surface area (Å²) in [4.78, 5) is 0. The quantitative estimate of drug-likeness (QED) is 0.203. The highest BCUT2D eigenvalue weighted by molar-refractivity contribution is 5.08. The van der Waals surface area contributed by atoms with Crippen molar-refractivity contribution in [3.8, 4) is 0 Å². The van der Waals surface area contributed by atoms with Crippen LogP contribution in [0.15, 0.2) is 12.2 Å². The summed E-state index contributed by atoms with van der Waals surface area (Å²) >= 11 is 0. The predicted molar refractivity (Wildman–Crippen MR) is 162 cm³/mol. The van der Waals surface area contributed by atoms with Gasteiger partial charge in [0.15, 0.2) is 0 Å². The Hall–Kier alpha value is -0.260. The summed E-state index contributed by atoms with van der Waals surface area (Å²) < 4.78 is 0. The Balaban J connectivity index is 1.06. The molecule has 0 amide bonds. The molecule has 5 fully saturated rings. The molecule has 5 aliphatic carbocycles. The zero-order valence-electron chi connectivity index (χ0n) is 25.4. The number of hydrogen-bond acceptors (Lipinski definition) is 0. The minimum Gasteiger partial charge on any atom is -0.0996 e. The van der Waals surface area contributed by atoms with E-state index < -0.39 is 0 Å². The van der Waals surface area contributed by atoms with Crippen LogP contribution >= 0.6 is 0 Å². The van der Waals surface area contributed by atoms with Crippen molar-refractivity contribution in [2.45, 2.75) is 156 Å². The normalized spacial score (nSPS) is 42.0. The van der Waals surface area contributed by atoms with E-state index in [2.05, 4.69) is 20.8 Å². The molecule has 0 aromatic carbocycles. The Morgan fingerprint density at radius 2 is 1.43 bits per heavy atom. The zero-order chi connectivity index (χ0) is 25.8. The van der Waals surface area contributed by atoms with Gasteiger partial charge in [0.05, 0.1) is 0 Å². The fraction of sp³-hybridized carbons (Fsp3) is 0.946. The molecule has 0 aliphatic heterocycles. The lowest BCUT2D eigenvalue weighted by Gasteiger charge is -2.38. The summed E-state index contributed by atoms with van der Waals surface area (Å²) in [6.07, 6.45) is 31.9. The number of unbranched alkanes of at least 4 members (excludes halogenated alkanes) is 1. The molecular weight excluding hydrogens is 444 g/mol. The molecule has 5 rings (SSSR count). The van der Waals surface area contributed by atoms with Gasteiger partial charge in [-0.15, -0.1) is 0 Å². The Kier molecular flexibility index (Phi) is 10.2. The number of allylic oxidation sites excluding steroid dienone is 1. The van der Waals surface area contributed by atoms with E-state index in [1.165, 1.54) is 96.3 Å². The van der Waals surface area contributed by atoms with Crippen LogP contribution < -0.4 is 0 Å². The minimum atomic E-state index is 0.811. The first-order valence-corrected chi connectivity index (χ1v) is 17.7. The van der Waals surface area contributed by atoms with Crippen LogP contribution in [-0.2, 0) is 0 Å². The molecule has 0 heteroatoms. The summed E-state index contributed by atoms with van der Waals surface area (Å²) in [6, 6.07) is 0. The van der Waals surface area contributed by atoms with Gasteiger partial charge < -0.3 is 0 Å². The lowest BCUT2D eigenvalue weighted by Crippen LogP contribution is -2.28. The summed E-state index contributed by atoms with van der Waals surface area (Å²) in [5.74, 6) is 10.9. The Morgan fingerprint density at radius 3 is 2.22 bits per heavy atom. The molecule has 0 bridgehead atoms. The van der Waals surface area contributed by atoms with Crippen molar-refractivity contribution in [1.29, 1.82) is 0 Å². The molecule has 0 spiro atoms. The van der Waals surface area contributed by atoms with Gasteiger partial charge in [-0.25, -0.2) is 0 Å². The van der Waals surface area contributed by atoms with Gasteiger partial charge in [0.25, 0.3) is 0 Å². The Labute approximate surface area is 232 Å². The Morgan fingerprint density at radius 1 is 0.703 bits per heavy atom.